The van der Waals surface area contributed by atoms with E-state index in [1.54, 1.807) is 24.3 Å². The molecule has 2 N–H and O–H groups in total. The van der Waals surface area contributed by atoms with Crippen molar-refractivity contribution in [2.24, 2.45) is 5.92 Å². The van der Waals surface area contributed by atoms with Gasteiger partial charge in [-0.1, -0.05) is 0 Å². The number of likely N-dealkylation sites (tertiary alicyclic amines) is 1. The molecule has 0 aromatic heterocycles. The van der Waals surface area contributed by atoms with Crippen LogP contribution < -0.4 is 15.4 Å². The van der Waals surface area contributed by atoms with E-state index in [4.69, 9.17) is 4.74 Å². The molecule has 0 saturated carbocycles. The number of hydrogen-bond donors (Lipinski definition) is 2. The number of piperidine rings is 1. The zero-order chi connectivity index (χ0) is 18.2. The first-order valence-corrected chi connectivity index (χ1v) is 9.05. The Bertz CT molecular complexity index is 564. The van der Waals surface area contributed by atoms with E-state index in [1.165, 1.54) is 0 Å². The van der Waals surface area contributed by atoms with Crippen molar-refractivity contribution in [2.75, 3.05) is 31.6 Å². The molecule has 0 radical (unpaired) electrons. The number of nitrogens with one attached hydrogen (secondary N) is 2. The number of ether oxygens (including phenoxy) is 1. The monoisotopic (exact) mass is 347 g/mol. The topological polar surface area (TPSA) is 70.7 Å². The number of benzene rings is 1. The zero-order valence-electron chi connectivity index (χ0n) is 15.4. The second-order valence-electron chi connectivity index (χ2n) is 6.69. The van der Waals surface area contributed by atoms with Crippen LogP contribution in [0.15, 0.2) is 24.3 Å². The van der Waals surface area contributed by atoms with E-state index in [2.05, 4.69) is 29.4 Å². The predicted molar refractivity (Wildman–Crippen MR) is 98.7 cm³/mol. The summed E-state index contributed by atoms with van der Waals surface area (Å²) in [5, 5.41) is 5.36. The molecular weight excluding hydrogens is 318 g/mol. The van der Waals surface area contributed by atoms with E-state index in [0.717, 1.165) is 31.7 Å². The van der Waals surface area contributed by atoms with Crippen LogP contribution in [0.5, 0.6) is 5.75 Å². The molecule has 6 nitrogen and oxygen atoms in total. The van der Waals surface area contributed by atoms with Crippen molar-refractivity contribution in [2.45, 2.75) is 39.7 Å². The van der Waals surface area contributed by atoms with Crippen molar-refractivity contribution in [3.05, 3.63) is 24.3 Å². The summed E-state index contributed by atoms with van der Waals surface area (Å²) in [7, 11) is 0. The lowest BCUT2D eigenvalue weighted by Crippen LogP contribution is -2.43. The quantitative estimate of drug-likeness (QED) is 0.775. The first-order chi connectivity index (χ1) is 12.0. The summed E-state index contributed by atoms with van der Waals surface area (Å²) in [6, 6.07) is 7.53. The molecule has 1 aliphatic rings. The third-order valence-electron chi connectivity index (χ3n) is 4.56. The summed E-state index contributed by atoms with van der Waals surface area (Å²) in [5.41, 5.74) is 0.578. The maximum absolute atomic E-state index is 12.0. The van der Waals surface area contributed by atoms with Gasteiger partial charge in [0.1, 0.15) is 5.75 Å². The third kappa shape index (κ3) is 6.05. The molecule has 1 aromatic carbocycles. The number of carbonyl (C=O) groups is 2. The standard InChI is InChI=1S/C19H29N3O3/c1-4-25-17-7-5-16(6-8-17)21-19(24)18(23)20-13-15-9-11-22(12-10-15)14(2)3/h5-8,14-15H,4,9-13H2,1-3H3,(H,20,23)(H,21,24). The number of amides is 2. The normalized spacial score (nSPS) is 15.8. The third-order valence-corrected chi connectivity index (χ3v) is 4.56. The zero-order valence-corrected chi connectivity index (χ0v) is 15.4. The van der Waals surface area contributed by atoms with Gasteiger partial charge in [0.15, 0.2) is 0 Å². The molecule has 0 aliphatic carbocycles. The first kappa shape index (κ1) is 19.2. The number of nitrogens with zero attached hydrogens (tertiary/aromatic N) is 1. The van der Waals surface area contributed by atoms with Gasteiger partial charge < -0.3 is 20.3 Å². The Hall–Kier alpha value is -2.08. The average molecular weight is 347 g/mol. The van der Waals surface area contributed by atoms with Crippen LogP contribution in [0.4, 0.5) is 5.69 Å². The Labute approximate surface area is 149 Å². The van der Waals surface area contributed by atoms with E-state index in [0.29, 0.717) is 30.8 Å². The molecule has 0 spiro atoms. The molecule has 6 heteroatoms. The largest absolute Gasteiger partial charge is 0.494 e. The molecule has 138 valence electrons. The highest BCUT2D eigenvalue weighted by atomic mass is 16.5. The van der Waals surface area contributed by atoms with E-state index < -0.39 is 11.8 Å². The molecule has 1 fully saturated rings. The molecule has 0 bridgehead atoms. The van der Waals surface area contributed by atoms with Gasteiger partial charge in [0.2, 0.25) is 0 Å². The van der Waals surface area contributed by atoms with E-state index >= 15 is 0 Å². The summed E-state index contributed by atoms with van der Waals surface area (Å²) in [6.45, 7) is 9.56. The number of hydrogen-bond acceptors (Lipinski definition) is 4. The van der Waals surface area contributed by atoms with Gasteiger partial charge in [-0.15, -0.1) is 0 Å². The number of rotatable bonds is 6. The maximum Gasteiger partial charge on any atom is 0.313 e. The lowest BCUT2D eigenvalue weighted by atomic mass is 9.96. The molecule has 1 aliphatic heterocycles. The SMILES string of the molecule is CCOc1ccc(NC(=O)C(=O)NCC2CCN(C(C)C)CC2)cc1. The Morgan fingerprint density at radius 3 is 2.36 bits per heavy atom. The summed E-state index contributed by atoms with van der Waals surface area (Å²) in [6.07, 6.45) is 2.11. The van der Waals surface area contributed by atoms with E-state index in [-0.39, 0.29) is 0 Å². The number of carbonyl (C=O) groups excluding carboxylic acids is 2. The van der Waals surface area contributed by atoms with Crippen molar-refractivity contribution in [1.82, 2.24) is 10.2 Å². The molecule has 0 unspecified atom stereocenters. The van der Waals surface area contributed by atoms with Gasteiger partial charge in [0.05, 0.1) is 6.61 Å². The van der Waals surface area contributed by atoms with E-state index in [9.17, 15) is 9.59 Å². The van der Waals surface area contributed by atoms with Crippen LogP contribution in [0, 0.1) is 5.92 Å². The molecular formula is C19H29N3O3. The fourth-order valence-corrected chi connectivity index (χ4v) is 2.98. The van der Waals surface area contributed by atoms with Gasteiger partial charge in [0.25, 0.3) is 0 Å². The highest BCUT2D eigenvalue weighted by Crippen LogP contribution is 2.18. The Balaban J connectivity index is 1.72. The minimum atomic E-state index is -0.635. The summed E-state index contributed by atoms with van der Waals surface area (Å²) in [4.78, 5) is 26.4. The van der Waals surface area contributed by atoms with Gasteiger partial charge in [-0.05, 0) is 76.9 Å². The lowest BCUT2D eigenvalue weighted by molar-refractivity contribution is -0.136. The van der Waals surface area contributed by atoms with Gasteiger partial charge >= 0.3 is 11.8 Å². The Morgan fingerprint density at radius 2 is 1.80 bits per heavy atom. The van der Waals surface area contributed by atoms with Gasteiger partial charge in [-0.3, -0.25) is 9.59 Å². The number of anilines is 1. The smallest absolute Gasteiger partial charge is 0.313 e. The van der Waals surface area contributed by atoms with Gasteiger partial charge in [0, 0.05) is 18.3 Å². The highest BCUT2D eigenvalue weighted by Gasteiger charge is 2.22. The minimum absolute atomic E-state index is 0.442. The van der Waals surface area contributed by atoms with Crippen LogP contribution in [0.1, 0.15) is 33.6 Å². The molecule has 2 amide bonds. The first-order valence-electron chi connectivity index (χ1n) is 9.05. The minimum Gasteiger partial charge on any atom is -0.494 e. The van der Waals surface area contributed by atoms with Crippen molar-refractivity contribution >= 4 is 17.5 Å². The summed E-state index contributed by atoms with van der Waals surface area (Å²) in [5.74, 6) is -0.0427. The summed E-state index contributed by atoms with van der Waals surface area (Å²) >= 11 is 0. The Kier molecular flexibility index (Phi) is 7.25. The van der Waals surface area contributed by atoms with Crippen molar-refractivity contribution in [1.29, 1.82) is 0 Å². The van der Waals surface area contributed by atoms with Crippen LogP contribution >= 0.6 is 0 Å². The van der Waals surface area contributed by atoms with Crippen LogP contribution in [0.25, 0.3) is 0 Å². The maximum atomic E-state index is 12.0. The fraction of sp³-hybridized carbons (Fsp3) is 0.579. The Morgan fingerprint density at radius 1 is 1.16 bits per heavy atom. The predicted octanol–water partition coefficient (Wildman–Crippen LogP) is 2.26. The van der Waals surface area contributed by atoms with Gasteiger partial charge in [-0.2, -0.15) is 0 Å². The molecule has 1 heterocycles. The second-order valence-corrected chi connectivity index (χ2v) is 6.69. The van der Waals surface area contributed by atoms with Gasteiger partial charge in [-0.25, -0.2) is 0 Å². The van der Waals surface area contributed by atoms with Crippen molar-refractivity contribution in [3.8, 4) is 5.75 Å². The molecule has 1 saturated heterocycles. The van der Waals surface area contributed by atoms with Crippen molar-refractivity contribution < 1.29 is 14.3 Å². The molecule has 1 aromatic rings. The van der Waals surface area contributed by atoms with Crippen LogP contribution in [0.3, 0.4) is 0 Å². The van der Waals surface area contributed by atoms with E-state index in [1.807, 2.05) is 6.92 Å². The second kappa shape index (κ2) is 9.42. The van der Waals surface area contributed by atoms with Crippen LogP contribution in [0.2, 0.25) is 0 Å². The molecule has 0 atom stereocenters. The molecule has 25 heavy (non-hydrogen) atoms. The van der Waals surface area contributed by atoms with Crippen LogP contribution in [-0.2, 0) is 9.59 Å². The van der Waals surface area contributed by atoms with Crippen LogP contribution in [-0.4, -0.2) is 49.0 Å². The fourth-order valence-electron chi connectivity index (χ4n) is 2.98. The highest BCUT2D eigenvalue weighted by molar-refractivity contribution is 6.39. The average Bonchev–Trinajstić information content (AvgIpc) is 2.61. The summed E-state index contributed by atoms with van der Waals surface area (Å²) < 4.78 is 5.35. The lowest BCUT2D eigenvalue weighted by Gasteiger charge is -2.34. The molecule has 2 rings (SSSR count). The van der Waals surface area contributed by atoms with Crippen molar-refractivity contribution in [3.63, 3.8) is 0 Å².